The predicted molar refractivity (Wildman–Crippen MR) is 79.3 cm³/mol. The minimum absolute atomic E-state index is 0.0533. The van der Waals surface area contributed by atoms with E-state index in [-0.39, 0.29) is 17.8 Å². The van der Waals surface area contributed by atoms with Crippen LogP contribution in [0.3, 0.4) is 0 Å². The molecule has 2 aromatic rings. The molecule has 0 unspecified atom stereocenters. The van der Waals surface area contributed by atoms with Gasteiger partial charge in [0.05, 0.1) is 12.6 Å². The van der Waals surface area contributed by atoms with E-state index >= 15 is 0 Å². The van der Waals surface area contributed by atoms with Crippen LogP contribution in [0.5, 0.6) is 0 Å². The van der Waals surface area contributed by atoms with Gasteiger partial charge in [-0.1, -0.05) is 12.1 Å². The van der Waals surface area contributed by atoms with Gasteiger partial charge in [0.15, 0.2) is 0 Å². The zero-order chi connectivity index (χ0) is 15.4. The molecule has 1 aromatic carbocycles. The van der Waals surface area contributed by atoms with Crippen molar-refractivity contribution in [2.75, 3.05) is 6.54 Å². The number of aromatic nitrogens is 3. The number of aryl methyl sites for hydroxylation is 1. The lowest BCUT2D eigenvalue weighted by atomic mass is 9.95. The van der Waals surface area contributed by atoms with Crippen molar-refractivity contribution in [2.45, 2.75) is 38.3 Å². The van der Waals surface area contributed by atoms with Crippen LogP contribution < -0.4 is 0 Å². The number of piperidine rings is 1. The summed E-state index contributed by atoms with van der Waals surface area (Å²) in [4.78, 5) is 18.3. The molecule has 116 valence electrons. The third kappa shape index (κ3) is 3.32. The van der Waals surface area contributed by atoms with Crippen molar-refractivity contribution in [3.63, 3.8) is 0 Å². The first-order valence-electron chi connectivity index (χ1n) is 7.61. The fraction of sp³-hybridized carbons (Fsp3) is 0.438. The molecule has 3 rings (SSSR count). The minimum Gasteiger partial charge on any atom is -0.336 e. The quantitative estimate of drug-likeness (QED) is 0.872. The second-order valence-corrected chi connectivity index (χ2v) is 5.56. The predicted octanol–water partition coefficient (Wildman–Crippen LogP) is 2.56. The lowest BCUT2D eigenvalue weighted by Gasteiger charge is -2.36. The fourth-order valence-corrected chi connectivity index (χ4v) is 2.96. The molecule has 0 radical (unpaired) electrons. The van der Waals surface area contributed by atoms with Crippen LogP contribution in [0.25, 0.3) is 0 Å². The standard InChI is InChI=1S/C16H19FN4O/c17-14-6-4-13(5-7-14)15-3-1-2-9-21(15)16(22)8-10-20-12-18-11-19-20/h4-7,11-12,15H,1-3,8-10H2/t15-/m0/s1. The molecule has 1 aliphatic heterocycles. The summed E-state index contributed by atoms with van der Waals surface area (Å²) in [6.07, 6.45) is 6.52. The lowest BCUT2D eigenvalue weighted by molar-refractivity contribution is -0.135. The number of carbonyl (C=O) groups is 1. The Bertz CT molecular complexity index is 612. The summed E-state index contributed by atoms with van der Waals surface area (Å²) < 4.78 is 14.8. The minimum atomic E-state index is -0.247. The molecule has 0 bridgehead atoms. The second kappa shape index (κ2) is 6.68. The summed E-state index contributed by atoms with van der Waals surface area (Å²) in [6.45, 7) is 1.30. The van der Waals surface area contributed by atoms with E-state index in [4.69, 9.17) is 0 Å². The maximum atomic E-state index is 13.1. The Hall–Kier alpha value is -2.24. The van der Waals surface area contributed by atoms with Gasteiger partial charge in [0.1, 0.15) is 18.5 Å². The highest BCUT2D eigenvalue weighted by Crippen LogP contribution is 2.31. The van der Waals surface area contributed by atoms with Crippen molar-refractivity contribution in [1.82, 2.24) is 19.7 Å². The van der Waals surface area contributed by atoms with Crippen LogP contribution in [0.4, 0.5) is 4.39 Å². The van der Waals surface area contributed by atoms with E-state index in [1.807, 2.05) is 4.90 Å². The number of halogens is 1. The molecule has 6 heteroatoms. The Kier molecular flexibility index (Phi) is 4.46. The van der Waals surface area contributed by atoms with E-state index in [9.17, 15) is 9.18 Å². The molecule has 5 nitrogen and oxygen atoms in total. The molecule has 0 aliphatic carbocycles. The van der Waals surface area contributed by atoms with Crippen molar-refractivity contribution in [2.24, 2.45) is 0 Å². The van der Waals surface area contributed by atoms with Crippen molar-refractivity contribution in [3.8, 4) is 0 Å². The monoisotopic (exact) mass is 302 g/mol. The number of benzene rings is 1. The summed E-state index contributed by atoms with van der Waals surface area (Å²) in [5, 5.41) is 4.01. The maximum Gasteiger partial charge on any atom is 0.224 e. The topological polar surface area (TPSA) is 51.0 Å². The van der Waals surface area contributed by atoms with E-state index in [2.05, 4.69) is 10.1 Å². The summed E-state index contributed by atoms with van der Waals surface area (Å²) >= 11 is 0. The first kappa shape index (κ1) is 14.7. The van der Waals surface area contributed by atoms with E-state index in [1.165, 1.54) is 18.5 Å². The summed E-state index contributed by atoms with van der Waals surface area (Å²) in [5.74, 6) is -0.131. The highest BCUT2D eigenvalue weighted by atomic mass is 19.1. The number of likely N-dealkylation sites (tertiary alicyclic amines) is 1. The Balaban J connectivity index is 1.68. The molecule has 22 heavy (non-hydrogen) atoms. The summed E-state index contributed by atoms with van der Waals surface area (Å²) in [6, 6.07) is 6.54. The normalized spacial score (nSPS) is 18.4. The average molecular weight is 302 g/mol. The van der Waals surface area contributed by atoms with Crippen LogP contribution in [0.2, 0.25) is 0 Å². The van der Waals surface area contributed by atoms with E-state index in [1.54, 1.807) is 23.1 Å². The highest BCUT2D eigenvalue weighted by Gasteiger charge is 2.27. The zero-order valence-electron chi connectivity index (χ0n) is 12.4. The number of carbonyl (C=O) groups excluding carboxylic acids is 1. The van der Waals surface area contributed by atoms with Gasteiger partial charge in [-0.25, -0.2) is 9.37 Å². The van der Waals surface area contributed by atoms with Crippen molar-refractivity contribution >= 4 is 5.91 Å². The van der Waals surface area contributed by atoms with Gasteiger partial charge in [-0.2, -0.15) is 5.10 Å². The molecular weight excluding hydrogens is 283 g/mol. The van der Waals surface area contributed by atoms with Gasteiger partial charge in [0, 0.05) is 13.0 Å². The van der Waals surface area contributed by atoms with E-state index in [0.29, 0.717) is 13.0 Å². The third-order valence-electron chi connectivity index (χ3n) is 4.10. The van der Waals surface area contributed by atoms with Crippen LogP contribution in [-0.2, 0) is 11.3 Å². The summed E-state index contributed by atoms with van der Waals surface area (Å²) in [5.41, 5.74) is 1.01. The van der Waals surface area contributed by atoms with Crippen LogP contribution in [-0.4, -0.2) is 32.1 Å². The number of nitrogens with zero attached hydrogens (tertiary/aromatic N) is 4. The van der Waals surface area contributed by atoms with Crippen molar-refractivity contribution in [1.29, 1.82) is 0 Å². The lowest BCUT2D eigenvalue weighted by Crippen LogP contribution is -2.38. The van der Waals surface area contributed by atoms with Crippen LogP contribution in [0.15, 0.2) is 36.9 Å². The first-order valence-corrected chi connectivity index (χ1v) is 7.61. The number of hydrogen-bond donors (Lipinski definition) is 0. The van der Waals surface area contributed by atoms with E-state index in [0.717, 1.165) is 31.4 Å². The van der Waals surface area contributed by atoms with E-state index < -0.39 is 0 Å². The molecule has 2 heterocycles. The van der Waals surface area contributed by atoms with Gasteiger partial charge >= 0.3 is 0 Å². The van der Waals surface area contributed by atoms with Crippen LogP contribution in [0.1, 0.15) is 37.3 Å². The molecule has 1 saturated heterocycles. The largest absolute Gasteiger partial charge is 0.336 e. The van der Waals surface area contributed by atoms with Crippen molar-refractivity contribution in [3.05, 3.63) is 48.3 Å². The number of amides is 1. The first-order chi connectivity index (χ1) is 10.7. The molecule has 1 aromatic heterocycles. The Morgan fingerprint density at radius 1 is 1.27 bits per heavy atom. The molecule has 1 fully saturated rings. The van der Waals surface area contributed by atoms with Crippen molar-refractivity contribution < 1.29 is 9.18 Å². The van der Waals surface area contributed by atoms with Crippen LogP contribution in [0, 0.1) is 5.82 Å². The van der Waals surface area contributed by atoms with Gasteiger partial charge < -0.3 is 4.90 Å². The van der Waals surface area contributed by atoms with Gasteiger partial charge in [-0.3, -0.25) is 9.48 Å². The molecule has 0 N–H and O–H groups in total. The molecule has 1 aliphatic rings. The Labute approximate surface area is 128 Å². The SMILES string of the molecule is O=C(CCn1cncn1)N1CCCC[C@H]1c1ccc(F)cc1. The third-order valence-corrected chi connectivity index (χ3v) is 4.10. The molecular formula is C16H19FN4O. The van der Waals surface area contributed by atoms with Gasteiger partial charge in [0.25, 0.3) is 0 Å². The molecule has 0 saturated carbocycles. The second-order valence-electron chi connectivity index (χ2n) is 5.56. The van der Waals surface area contributed by atoms with Gasteiger partial charge in [0.2, 0.25) is 5.91 Å². The van der Waals surface area contributed by atoms with Crippen LogP contribution >= 0.6 is 0 Å². The average Bonchev–Trinajstić information content (AvgIpc) is 3.07. The smallest absolute Gasteiger partial charge is 0.224 e. The number of hydrogen-bond acceptors (Lipinski definition) is 3. The molecule has 1 amide bonds. The van der Waals surface area contributed by atoms with Gasteiger partial charge in [-0.05, 0) is 37.0 Å². The fourth-order valence-electron chi connectivity index (χ4n) is 2.96. The highest BCUT2D eigenvalue weighted by molar-refractivity contribution is 5.76. The Morgan fingerprint density at radius 2 is 2.09 bits per heavy atom. The summed E-state index contributed by atoms with van der Waals surface area (Å²) in [7, 11) is 0. The number of rotatable bonds is 4. The Morgan fingerprint density at radius 3 is 2.82 bits per heavy atom. The molecule has 1 atom stereocenters. The maximum absolute atomic E-state index is 13.1. The molecule has 0 spiro atoms. The zero-order valence-corrected chi connectivity index (χ0v) is 12.4. The van der Waals surface area contributed by atoms with Gasteiger partial charge in [-0.15, -0.1) is 0 Å².